The summed E-state index contributed by atoms with van der Waals surface area (Å²) < 4.78 is 11.3. The predicted molar refractivity (Wildman–Crippen MR) is 143 cm³/mol. The number of rotatable bonds is 16. The fourth-order valence-corrected chi connectivity index (χ4v) is 4.63. The number of aryl methyl sites for hydroxylation is 1. The summed E-state index contributed by atoms with van der Waals surface area (Å²) in [6.07, 6.45) is 13.8. The summed E-state index contributed by atoms with van der Waals surface area (Å²) in [5, 5.41) is 8.78. The summed E-state index contributed by atoms with van der Waals surface area (Å²) in [6, 6.07) is 14.9. The minimum atomic E-state index is -0.358. The van der Waals surface area contributed by atoms with Crippen LogP contribution in [-0.2, 0) is 6.42 Å². The van der Waals surface area contributed by atoms with Gasteiger partial charge in [0, 0.05) is 11.3 Å². The van der Waals surface area contributed by atoms with E-state index in [1.807, 2.05) is 36.4 Å². The molecule has 0 bridgehead atoms. The van der Waals surface area contributed by atoms with Gasteiger partial charge >= 0.3 is 5.97 Å². The maximum atomic E-state index is 12.6. The molecule has 0 fully saturated rings. The Morgan fingerprint density at radius 3 is 2.14 bits per heavy atom. The van der Waals surface area contributed by atoms with Crippen LogP contribution in [0.25, 0.3) is 11.5 Å². The second kappa shape index (κ2) is 15.4. The number of aromatic nitrogens is 2. The largest absolute Gasteiger partial charge is 0.423 e. The third-order valence-electron chi connectivity index (χ3n) is 5.95. The average Bonchev–Trinajstić information content (AvgIpc) is 3.35. The van der Waals surface area contributed by atoms with Crippen LogP contribution in [0, 0.1) is 0 Å². The molecule has 3 rings (SSSR count). The van der Waals surface area contributed by atoms with E-state index in [0.717, 1.165) is 30.6 Å². The van der Waals surface area contributed by atoms with E-state index in [2.05, 4.69) is 24.0 Å². The summed E-state index contributed by atoms with van der Waals surface area (Å²) in [7, 11) is 0. The number of nitrogens with zero attached hydrogens (tertiary/aromatic N) is 2. The lowest BCUT2D eigenvalue weighted by molar-refractivity contribution is 0.0735. The standard InChI is InChI=1S/C29H38N2O3S/c1-3-5-7-8-9-10-11-12-13-23-14-16-25(17-15-23)28(32)33-26-20-18-24(19-21-26)27-30-31-29(34-27)35-22-6-4-2/h14-21H,3-13,22H2,1-2H3. The van der Waals surface area contributed by atoms with Crippen molar-refractivity contribution in [1.82, 2.24) is 10.2 Å². The number of benzene rings is 2. The number of hydrogen-bond donors (Lipinski definition) is 0. The van der Waals surface area contributed by atoms with Crippen molar-refractivity contribution in [3.05, 3.63) is 59.7 Å². The highest BCUT2D eigenvalue weighted by Crippen LogP contribution is 2.26. The van der Waals surface area contributed by atoms with Crippen LogP contribution < -0.4 is 4.74 Å². The molecule has 3 aromatic rings. The molecule has 0 aliphatic carbocycles. The molecule has 0 amide bonds. The zero-order valence-electron chi connectivity index (χ0n) is 21.1. The number of carbonyl (C=O) groups excluding carboxylic acids is 1. The third kappa shape index (κ3) is 9.52. The molecule has 0 unspecified atom stereocenters. The van der Waals surface area contributed by atoms with E-state index in [9.17, 15) is 4.79 Å². The first kappa shape index (κ1) is 27.0. The van der Waals surface area contributed by atoms with E-state index < -0.39 is 0 Å². The van der Waals surface area contributed by atoms with Gasteiger partial charge in [-0.2, -0.15) is 0 Å². The van der Waals surface area contributed by atoms with Crippen LogP contribution in [0.5, 0.6) is 5.75 Å². The molecule has 0 N–H and O–H groups in total. The highest BCUT2D eigenvalue weighted by molar-refractivity contribution is 7.99. The van der Waals surface area contributed by atoms with Gasteiger partial charge in [0.1, 0.15) is 5.75 Å². The van der Waals surface area contributed by atoms with Gasteiger partial charge in [-0.05, 0) is 61.2 Å². The first-order valence-electron chi connectivity index (χ1n) is 13.1. The number of thioether (sulfide) groups is 1. The number of esters is 1. The minimum absolute atomic E-state index is 0.358. The molecule has 0 saturated heterocycles. The smallest absolute Gasteiger partial charge is 0.343 e. The van der Waals surface area contributed by atoms with E-state index in [1.165, 1.54) is 56.9 Å². The lowest BCUT2D eigenvalue weighted by Gasteiger charge is -2.06. The van der Waals surface area contributed by atoms with Crippen molar-refractivity contribution in [3.63, 3.8) is 0 Å². The molecule has 188 valence electrons. The number of unbranched alkanes of at least 4 members (excludes halogenated alkanes) is 8. The van der Waals surface area contributed by atoms with E-state index in [4.69, 9.17) is 9.15 Å². The molecule has 0 radical (unpaired) electrons. The lowest BCUT2D eigenvalue weighted by Crippen LogP contribution is -2.08. The molecule has 0 aliphatic rings. The molecule has 5 nitrogen and oxygen atoms in total. The molecular formula is C29H38N2O3S. The van der Waals surface area contributed by atoms with Gasteiger partial charge < -0.3 is 9.15 Å². The Morgan fingerprint density at radius 1 is 0.800 bits per heavy atom. The van der Waals surface area contributed by atoms with Crippen molar-refractivity contribution in [2.75, 3.05) is 5.75 Å². The molecule has 0 spiro atoms. The molecule has 0 atom stereocenters. The summed E-state index contributed by atoms with van der Waals surface area (Å²) in [5.41, 5.74) is 2.62. The maximum absolute atomic E-state index is 12.6. The number of ether oxygens (including phenoxy) is 1. The topological polar surface area (TPSA) is 65.2 Å². The Kier molecular flexibility index (Phi) is 11.9. The Labute approximate surface area is 214 Å². The second-order valence-corrected chi connectivity index (χ2v) is 9.96. The van der Waals surface area contributed by atoms with E-state index >= 15 is 0 Å². The van der Waals surface area contributed by atoms with Crippen LogP contribution in [0.15, 0.2) is 58.2 Å². The third-order valence-corrected chi connectivity index (χ3v) is 6.86. The predicted octanol–water partition coefficient (Wildman–Crippen LogP) is 8.53. The average molecular weight is 495 g/mol. The summed E-state index contributed by atoms with van der Waals surface area (Å²) in [4.78, 5) is 12.6. The number of carbonyl (C=O) groups is 1. The van der Waals surface area contributed by atoms with Gasteiger partial charge in [-0.1, -0.05) is 89.1 Å². The van der Waals surface area contributed by atoms with Crippen molar-refractivity contribution in [3.8, 4) is 17.2 Å². The molecule has 1 heterocycles. The molecular weight excluding hydrogens is 456 g/mol. The lowest BCUT2D eigenvalue weighted by atomic mass is 10.0. The van der Waals surface area contributed by atoms with Crippen molar-refractivity contribution in [2.24, 2.45) is 0 Å². The molecule has 1 aromatic heterocycles. The Balaban J connectivity index is 1.41. The number of hydrogen-bond acceptors (Lipinski definition) is 6. The van der Waals surface area contributed by atoms with Gasteiger partial charge in [0.05, 0.1) is 5.56 Å². The van der Waals surface area contributed by atoms with Crippen LogP contribution in [0.1, 0.15) is 94.0 Å². The second-order valence-electron chi connectivity index (χ2n) is 8.91. The SMILES string of the molecule is CCCCCCCCCCc1ccc(C(=O)Oc2ccc(-c3nnc(SCCCC)o3)cc2)cc1. The van der Waals surface area contributed by atoms with Crippen LogP contribution in [0.3, 0.4) is 0 Å². The molecule has 35 heavy (non-hydrogen) atoms. The Hall–Kier alpha value is -2.60. The van der Waals surface area contributed by atoms with Gasteiger partial charge in [-0.3, -0.25) is 0 Å². The van der Waals surface area contributed by atoms with Crippen molar-refractivity contribution < 1.29 is 13.9 Å². The van der Waals surface area contributed by atoms with Crippen LogP contribution in [0.2, 0.25) is 0 Å². The van der Waals surface area contributed by atoms with Crippen LogP contribution >= 0.6 is 11.8 Å². The zero-order chi connectivity index (χ0) is 24.7. The van der Waals surface area contributed by atoms with Crippen molar-refractivity contribution in [1.29, 1.82) is 0 Å². The molecule has 0 aliphatic heterocycles. The van der Waals surface area contributed by atoms with Crippen molar-refractivity contribution >= 4 is 17.7 Å². The monoisotopic (exact) mass is 494 g/mol. The zero-order valence-corrected chi connectivity index (χ0v) is 21.9. The van der Waals surface area contributed by atoms with E-state index in [1.54, 1.807) is 23.9 Å². The first-order valence-corrected chi connectivity index (χ1v) is 14.1. The van der Waals surface area contributed by atoms with Gasteiger partial charge in [-0.15, -0.1) is 10.2 Å². The van der Waals surface area contributed by atoms with Crippen LogP contribution in [-0.4, -0.2) is 21.9 Å². The normalized spacial score (nSPS) is 11.0. The highest BCUT2D eigenvalue weighted by atomic mass is 32.2. The quantitative estimate of drug-likeness (QED) is 0.0860. The van der Waals surface area contributed by atoms with Crippen LogP contribution in [0.4, 0.5) is 0 Å². The maximum Gasteiger partial charge on any atom is 0.343 e. The Bertz CT molecular complexity index is 1000. The van der Waals surface area contributed by atoms with Gasteiger partial charge in [-0.25, -0.2) is 4.79 Å². The highest BCUT2D eigenvalue weighted by Gasteiger charge is 2.12. The fourth-order valence-electron chi connectivity index (χ4n) is 3.79. The van der Waals surface area contributed by atoms with Gasteiger partial charge in [0.15, 0.2) is 0 Å². The first-order chi connectivity index (χ1) is 17.2. The van der Waals surface area contributed by atoms with E-state index in [-0.39, 0.29) is 5.97 Å². The molecule has 2 aromatic carbocycles. The molecule has 0 saturated carbocycles. The van der Waals surface area contributed by atoms with Gasteiger partial charge in [0.2, 0.25) is 5.89 Å². The summed E-state index contributed by atoms with van der Waals surface area (Å²) in [6.45, 7) is 4.41. The molecule has 6 heteroatoms. The van der Waals surface area contributed by atoms with E-state index in [0.29, 0.717) is 22.4 Å². The fraction of sp³-hybridized carbons (Fsp3) is 0.483. The summed E-state index contributed by atoms with van der Waals surface area (Å²) >= 11 is 1.57. The van der Waals surface area contributed by atoms with Gasteiger partial charge in [0.25, 0.3) is 5.22 Å². The summed E-state index contributed by atoms with van der Waals surface area (Å²) in [5.74, 6) is 1.56. The van der Waals surface area contributed by atoms with Crippen molar-refractivity contribution in [2.45, 2.75) is 89.7 Å². The Morgan fingerprint density at radius 2 is 1.46 bits per heavy atom. The minimum Gasteiger partial charge on any atom is -0.423 e.